The highest BCUT2D eigenvalue weighted by Crippen LogP contribution is 2.24. The Balaban J connectivity index is 2.00. The van der Waals surface area contributed by atoms with Crippen LogP contribution in [0.5, 0.6) is 0 Å². The van der Waals surface area contributed by atoms with Gasteiger partial charge in [0.15, 0.2) is 0 Å². The lowest BCUT2D eigenvalue weighted by molar-refractivity contribution is 0.873. The standard InChI is InChI=1S/C4H8N/c5-3-4-1-2-4/h1,4H,2-3,5H2/t4-/m0/s1. The van der Waals surface area contributed by atoms with Gasteiger partial charge in [-0.25, -0.2) is 0 Å². The van der Waals surface area contributed by atoms with Crippen LogP contribution in [-0.2, 0) is 0 Å². The molecule has 1 heteroatoms. The maximum absolute atomic E-state index is 5.20. The zero-order valence-corrected chi connectivity index (χ0v) is 3.15. The lowest BCUT2D eigenvalue weighted by atomic mass is 10.5. The van der Waals surface area contributed by atoms with Gasteiger partial charge in [-0.2, -0.15) is 0 Å². The quantitative estimate of drug-likeness (QED) is 0.467. The zero-order chi connectivity index (χ0) is 3.70. The fraction of sp³-hybridized carbons (Fsp3) is 0.750. The molecule has 1 aliphatic rings. The first-order valence-corrected chi connectivity index (χ1v) is 1.97. The van der Waals surface area contributed by atoms with E-state index in [0.717, 1.165) is 12.5 Å². The Morgan fingerprint density at radius 1 is 2.00 bits per heavy atom. The van der Waals surface area contributed by atoms with Crippen molar-refractivity contribution in [2.45, 2.75) is 6.42 Å². The normalized spacial score (nSPS) is 23.4. The van der Waals surface area contributed by atoms with Crippen LogP contribution in [-0.4, -0.2) is 6.54 Å². The summed E-state index contributed by atoms with van der Waals surface area (Å²) < 4.78 is 0. The van der Waals surface area contributed by atoms with E-state index in [1.807, 2.05) is 0 Å². The van der Waals surface area contributed by atoms with Crippen molar-refractivity contribution in [1.29, 1.82) is 0 Å². The van der Waals surface area contributed by atoms with Crippen LogP contribution in [0.4, 0.5) is 0 Å². The summed E-state index contributed by atoms with van der Waals surface area (Å²) in [7, 11) is 0. The molecule has 29 valence electrons. The maximum Gasteiger partial charge on any atom is -0.00460 e. The third kappa shape index (κ3) is 0.618. The van der Waals surface area contributed by atoms with Crippen LogP contribution in [0.2, 0.25) is 0 Å². The number of hydrogen-bond acceptors (Lipinski definition) is 1. The fourth-order valence-electron chi connectivity index (χ4n) is 0.289. The predicted octanol–water partition coefficient (Wildman–Crippen LogP) is 0.169. The van der Waals surface area contributed by atoms with Crippen molar-refractivity contribution in [2.75, 3.05) is 6.54 Å². The first kappa shape index (κ1) is 3.16. The molecule has 0 bridgehead atoms. The molecule has 0 aromatic heterocycles. The van der Waals surface area contributed by atoms with Crippen molar-refractivity contribution < 1.29 is 0 Å². The van der Waals surface area contributed by atoms with Crippen molar-refractivity contribution >= 4 is 0 Å². The van der Waals surface area contributed by atoms with E-state index in [4.69, 9.17) is 5.73 Å². The highest BCUT2D eigenvalue weighted by molar-refractivity contribution is 4.94. The van der Waals surface area contributed by atoms with Crippen LogP contribution in [0.3, 0.4) is 0 Å². The third-order valence-corrected chi connectivity index (χ3v) is 0.872. The van der Waals surface area contributed by atoms with Gasteiger partial charge in [0.25, 0.3) is 0 Å². The Bertz CT molecular complexity index is 30.6. The smallest absolute Gasteiger partial charge is 0.00460 e. The van der Waals surface area contributed by atoms with Crippen LogP contribution in [0.1, 0.15) is 6.42 Å². The SMILES string of the molecule is NC[C@H]1[CH]C1. The van der Waals surface area contributed by atoms with Gasteiger partial charge in [0.1, 0.15) is 0 Å². The lowest BCUT2D eigenvalue weighted by Gasteiger charge is -1.74. The number of hydrogen-bond donors (Lipinski definition) is 1. The molecule has 1 saturated carbocycles. The summed E-state index contributed by atoms with van der Waals surface area (Å²) in [6.07, 6.45) is 3.48. The summed E-state index contributed by atoms with van der Waals surface area (Å²) >= 11 is 0. The second-order valence-electron chi connectivity index (χ2n) is 1.47. The van der Waals surface area contributed by atoms with Crippen LogP contribution in [0.15, 0.2) is 0 Å². The molecule has 0 aromatic carbocycles. The Morgan fingerprint density at radius 3 is 2.60 bits per heavy atom. The molecule has 1 rings (SSSR count). The second kappa shape index (κ2) is 0.977. The predicted molar refractivity (Wildman–Crippen MR) is 21.5 cm³/mol. The van der Waals surface area contributed by atoms with E-state index in [1.54, 1.807) is 0 Å². The summed E-state index contributed by atoms with van der Waals surface area (Å²) in [5.41, 5.74) is 5.20. The van der Waals surface area contributed by atoms with E-state index < -0.39 is 0 Å². The molecule has 0 aromatic rings. The Morgan fingerprint density at radius 2 is 2.60 bits per heavy atom. The van der Waals surface area contributed by atoms with E-state index in [1.165, 1.54) is 6.42 Å². The van der Waals surface area contributed by atoms with Gasteiger partial charge in [0, 0.05) is 0 Å². The summed E-state index contributed by atoms with van der Waals surface area (Å²) in [5, 5.41) is 0. The fourth-order valence-corrected chi connectivity index (χ4v) is 0.289. The minimum absolute atomic E-state index is 0.787. The van der Waals surface area contributed by atoms with Gasteiger partial charge in [0.05, 0.1) is 0 Å². The van der Waals surface area contributed by atoms with Crippen LogP contribution >= 0.6 is 0 Å². The molecule has 1 fully saturated rings. The average Bonchev–Trinajstić information content (AvgIpc) is 2.12. The molecule has 1 atom stereocenters. The van der Waals surface area contributed by atoms with Crippen molar-refractivity contribution in [3.05, 3.63) is 6.42 Å². The molecule has 1 radical (unpaired) electrons. The molecular formula is C4H8N. The van der Waals surface area contributed by atoms with Gasteiger partial charge in [-0.1, -0.05) is 0 Å². The molecule has 0 spiro atoms. The molecule has 1 nitrogen and oxygen atoms in total. The van der Waals surface area contributed by atoms with E-state index in [0.29, 0.717) is 0 Å². The molecule has 5 heavy (non-hydrogen) atoms. The average molecular weight is 70.1 g/mol. The Labute approximate surface area is 32.2 Å². The zero-order valence-electron chi connectivity index (χ0n) is 3.15. The van der Waals surface area contributed by atoms with Crippen LogP contribution in [0.25, 0.3) is 0 Å². The third-order valence-electron chi connectivity index (χ3n) is 0.872. The molecule has 0 heterocycles. The van der Waals surface area contributed by atoms with Crippen molar-refractivity contribution in [3.63, 3.8) is 0 Å². The van der Waals surface area contributed by atoms with Gasteiger partial charge in [-0.05, 0) is 25.3 Å². The summed E-state index contributed by atoms with van der Waals surface area (Å²) in [5.74, 6) is 0.787. The van der Waals surface area contributed by atoms with E-state index >= 15 is 0 Å². The molecule has 0 amide bonds. The highest BCUT2D eigenvalue weighted by atomic mass is 14.6. The van der Waals surface area contributed by atoms with Gasteiger partial charge in [0.2, 0.25) is 0 Å². The minimum Gasteiger partial charge on any atom is -0.330 e. The number of nitrogens with two attached hydrogens (primary N) is 1. The van der Waals surface area contributed by atoms with Crippen molar-refractivity contribution in [3.8, 4) is 0 Å². The van der Waals surface area contributed by atoms with Gasteiger partial charge in [-0.15, -0.1) is 0 Å². The maximum atomic E-state index is 5.20. The lowest BCUT2D eigenvalue weighted by Crippen LogP contribution is -1.98. The molecular weight excluding hydrogens is 62.1 g/mol. The first-order chi connectivity index (χ1) is 2.43. The first-order valence-electron chi connectivity index (χ1n) is 1.97. The number of rotatable bonds is 1. The molecule has 0 unspecified atom stereocenters. The molecule has 0 saturated heterocycles. The summed E-state index contributed by atoms with van der Waals surface area (Å²) in [6, 6.07) is 0. The minimum atomic E-state index is 0.787. The largest absolute Gasteiger partial charge is 0.330 e. The van der Waals surface area contributed by atoms with E-state index in [-0.39, 0.29) is 0 Å². The monoisotopic (exact) mass is 70.1 g/mol. The van der Waals surface area contributed by atoms with Crippen LogP contribution in [0, 0.1) is 12.3 Å². The highest BCUT2D eigenvalue weighted by Gasteiger charge is 2.18. The van der Waals surface area contributed by atoms with Crippen LogP contribution < -0.4 is 5.73 Å². The topological polar surface area (TPSA) is 26.0 Å². The Kier molecular flexibility index (Phi) is 0.618. The van der Waals surface area contributed by atoms with Crippen molar-refractivity contribution in [2.24, 2.45) is 11.7 Å². The van der Waals surface area contributed by atoms with Gasteiger partial charge in [-0.3, -0.25) is 0 Å². The summed E-state index contributed by atoms with van der Waals surface area (Å²) in [4.78, 5) is 0. The molecule has 2 N–H and O–H groups in total. The van der Waals surface area contributed by atoms with Crippen molar-refractivity contribution in [1.82, 2.24) is 0 Å². The Hall–Kier alpha value is -0.0400. The second-order valence-corrected chi connectivity index (χ2v) is 1.47. The van der Waals surface area contributed by atoms with E-state index in [9.17, 15) is 0 Å². The summed E-state index contributed by atoms with van der Waals surface area (Å²) in [6.45, 7) is 0.861. The van der Waals surface area contributed by atoms with Gasteiger partial charge < -0.3 is 5.73 Å². The van der Waals surface area contributed by atoms with Gasteiger partial charge >= 0.3 is 0 Å². The van der Waals surface area contributed by atoms with E-state index in [2.05, 4.69) is 6.42 Å². The molecule has 0 aliphatic heterocycles. The molecule has 1 aliphatic carbocycles.